The minimum absolute atomic E-state index is 0.114. The Labute approximate surface area is 109 Å². The Hall–Kier alpha value is -0.650. The highest BCUT2D eigenvalue weighted by Crippen LogP contribution is 2.30. The first-order valence-corrected chi connectivity index (χ1v) is 6.71. The maximum absolute atomic E-state index is 12.0. The van der Waals surface area contributed by atoms with Crippen molar-refractivity contribution >= 4 is 5.91 Å². The van der Waals surface area contributed by atoms with Crippen LogP contribution < -0.4 is 10.6 Å². The molecule has 5 heteroatoms. The fraction of sp³-hybridized carbons (Fsp3) is 0.923. The average molecular weight is 258 g/mol. The van der Waals surface area contributed by atoms with Crippen molar-refractivity contribution in [2.75, 3.05) is 20.3 Å². The molecule has 1 aliphatic rings. The Morgan fingerprint density at radius 2 is 1.78 bits per heavy atom. The topological polar surface area (TPSA) is 81.6 Å². The molecule has 0 heterocycles. The lowest BCUT2D eigenvalue weighted by Crippen LogP contribution is -2.55. The molecule has 5 nitrogen and oxygen atoms in total. The van der Waals surface area contributed by atoms with Crippen LogP contribution in [-0.2, 0) is 4.79 Å². The van der Waals surface area contributed by atoms with Gasteiger partial charge in [0.25, 0.3) is 0 Å². The average Bonchev–Trinajstić information content (AvgIpc) is 2.39. The molecule has 0 aliphatic heterocycles. The summed E-state index contributed by atoms with van der Waals surface area (Å²) in [6.45, 7) is 1.11. The van der Waals surface area contributed by atoms with E-state index in [1.165, 1.54) is 6.42 Å². The first-order chi connectivity index (χ1) is 8.49. The monoisotopic (exact) mass is 258 g/mol. The lowest BCUT2D eigenvalue weighted by Gasteiger charge is -2.37. The summed E-state index contributed by atoms with van der Waals surface area (Å²) >= 11 is 0. The molecular weight excluding hydrogens is 232 g/mol. The summed E-state index contributed by atoms with van der Waals surface area (Å²) in [6.07, 6.45) is 5.93. The maximum atomic E-state index is 12.0. The van der Waals surface area contributed by atoms with Crippen molar-refractivity contribution in [3.63, 3.8) is 0 Å². The van der Waals surface area contributed by atoms with Crippen LogP contribution in [0, 0.1) is 0 Å². The summed E-state index contributed by atoms with van der Waals surface area (Å²) in [5.41, 5.74) is -1.05. The molecule has 0 bridgehead atoms. The second-order valence-corrected chi connectivity index (χ2v) is 5.69. The van der Waals surface area contributed by atoms with Crippen molar-refractivity contribution in [2.45, 2.75) is 56.5 Å². The Kier molecular flexibility index (Phi) is 5.56. The van der Waals surface area contributed by atoms with Gasteiger partial charge in [-0.1, -0.05) is 19.3 Å². The van der Waals surface area contributed by atoms with Crippen LogP contribution in [0.4, 0.5) is 0 Å². The zero-order chi connectivity index (χ0) is 13.6. The van der Waals surface area contributed by atoms with Crippen molar-refractivity contribution in [2.24, 2.45) is 0 Å². The summed E-state index contributed by atoms with van der Waals surface area (Å²) in [7, 11) is 1.90. The molecule has 0 aromatic heterocycles. The third-order valence-corrected chi connectivity index (χ3v) is 3.98. The Morgan fingerprint density at radius 1 is 1.22 bits per heavy atom. The van der Waals surface area contributed by atoms with Gasteiger partial charge in [-0.25, -0.2) is 0 Å². The molecule has 0 atom stereocenters. The Morgan fingerprint density at radius 3 is 2.22 bits per heavy atom. The molecule has 0 unspecified atom stereocenters. The van der Waals surface area contributed by atoms with Gasteiger partial charge >= 0.3 is 0 Å². The van der Waals surface area contributed by atoms with E-state index in [-0.39, 0.29) is 24.7 Å². The maximum Gasteiger partial charge on any atom is 0.222 e. The van der Waals surface area contributed by atoms with E-state index in [2.05, 4.69) is 10.6 Å². The van der Waals surface area contributed by atoms with E-state index < -0.39 is 5.54 Å². The van der Waals surface area contributed by atoms with Gasteiger partial charge in [-0.3, -0.25) is 4.79 Å². The van der Waals surface area contributed by atoms with E-state index in [0.29, 0.717) is 6.42 Å². The molecule has 0 spiro atoms. The van der Waals surface area contributed by atoms with Gasteiger partial charge in [0.1, 0.15) is 0 Å². The summed E-state index contributed by atoms with van der Waals surface area (Å²) in [5.74, 6) is -0.114. The SMILES string of the molecule is CNC1(CC(=O)NC(C)(CO)CO)CCCCC1. The molecule has 0 saturated heterocycles. The molecule has 1 fully saturated rings. The van der Waals surface area contributed by atoms with Gasteiger partial charge in [-0.2, -0.15) is 0 Å². The van der Waals surface area contributed by atoms with Crippen LogP contribution >= 0.6 is 0 Å². The van der Waals surface area contributed by atoms with Crippen LogP contribution in [0.1, 0.15) is 45.4 Å². The molecule has 1 saturated carbocycles. The van der Waals surface area contributed by atoms with Crippen LogP contribution in [0.2, 0.25) is 0 Å². The highest BCUT2D eigenvalue weighted by atomic mass is 16.3. The van der Waals surface area contributed by atoms with Crippen molar-refractivity contribution in [3.8, 4) is 0 Å². The second kappa shape index (κ2) is 6.50. The van der Waals surface area contributed by atoms with E-state index in [1.54, 1.807) is 6.92 Å². The predicted molar refractivity (Wildman–Crippen MR) is 70.2 cm³/mol. The van der Waals surface area contributed by atoms with Crippen LogP contribution in [0.5, 0.6) is 0 Å². The summed E-state index contributed by atoms with van der Waals surface area (Å²) in [4.78, 5) is 12.0. The Balaban J connectivity index is 2.57. The quantitative estimate of drug-likeness (QED) is 0.547. The highest BCUT2D eigenvalue weighted by Gasteiger charge is 2.34. The van der Waals surface area contributed by atoms with Crippen molar-refractivity contribution < 1.29 is 15.0 Å². The van der Waals surface area contributed by atoms with Gasteiger partial charge in [-0.15, -0.1) is 0 Å². The van der Waals surface area contributed by atoms with Crippen LogP contribution in [-0.4, -0.2) is 47.5 Å². The number of hydrogen-bond acceptors (Lipinski definition) is 4. The molecule has 0 aromatic carbocycles. The van der Waals surface area contributed by atoms with E-state index in [9.17, 15) is 15.0 Å². The van der Waals surface area contributed by atoms with Gasteiger partial charge in [0.15, 0.2) is 0 Å². The molecule has 1 amide bonds. The lowest BCUT2D eigenvalue weighted by molar-refractivity contribution is -0.125. The third-order valence-electron chi connectivity index (χ3n) is 3.98. The number of aliphatic hydroxyl groups excluding tert-OH is 2. The van der Waals surface area contributed by atoms with Gasteiger partial charge in [-0.05, 0) is 26.8 Å². The fourth-order valence-corrected chi connectivity index (χ4v) is 2.56. The first kappa shape index (κ1) is 15.4. The largest absolute Gasteiger partial charge is 0.394 e. The third kappa shape index (κ3) is 3.93. The number of carbonyl (C=O) groups excluding carboxylic acids is 1. The fourth-order valence-electron chi connectivity index (χ4n) is 2.56. The smallest absolute Gasteiger partial charge is 0.222 e. The van der Waals surface area contributed by atoms with Gasteiger partial charge < -0.3 is 20.8 Å². The zero-order valence-corrected chi connectivity index (χ0v) is 11.5. The van der Waals surface area contributed by atoms with Crippen LogP contribution in [0.15, 0.2) is 0 Å². The summed E-state index contributed by atoms with van der Waals surface area (Å²) in [6, 6.07) is 0. The van der Waals surface area contributed by atoms with E-state index >= 15 is 0 Å². The number of hydrogen-bond donors (Lipinski definition) is 4. The zero-order valence-electron chi connectivity index (χ0n) is 11.5. The van der Waals surface area contributed by atoms with E-state index in [4.69, 9.17) is 0 Å². The van der Waals surface area contributed by atoms with E-state index in [0.717, 1.165) is 25.7 Å². The molecule has 0 aromatic rings. The minimum atomic E-state index is -0.930. The normalized spacial score (nSPS) is 19.6. The van der Waals surface area contributed by atoms with Gasteiger partial charge in [0.2, 0.25) is 5.91 Å². The second-order valence-electron chi connectivity index (χ2n) is 5.69. The van der Waals surface area contributed by atoms with Crippen LogP contribution in [0.25, 0.3) is 0 Å². The highest BCUT2D eigenvalue weighted by molar-refractivity contribution is 5.78. The molecule has 4 N–H and O–H groups in total. The number of aliphatic hydroxyl groups is 2. The van der Waals surface area contributed by atoms with Gasteiger partial charge in [0.05, 0.1) is 18.8 Å². The van der Waals surface area contributed by atoms with Crippen LogP contribution in [0.3, 0.4) is 0 Å². The number of nitrogens with one attached hydrogen (secondary N) is 2. The van der Waals surface area contributed by atoms with Crippen molar-refractivity contribution in [1.82, 2.24) is 10.6 Å². The molecule has 1 aliphatic carbocycles. The standard InChI is InChI=1S/C13H26N2O3/c1-12(9-16,10-17)15-11(18)8-13(14-2)6-4-3-5-7-13/h14,16-17H,3-10H2,1-2H3,(H,15,18). The first-order valence-electron chi connectivity index (χ1n) is 6.71. The molecule has 106 valence electrons. The van der Waals surface area contributed by atoms with E-state index in [1.807, 2.05) is 7.05 Å². The molecular formula is C13H26N2O3. The summed E-state index contributed by atoms with van der Waals surface area (Å²) < 4.78 is 0. The molecule has 1 rings (SSSR count). The number of carbonyl (C=O) groups is 1. The lowest BCUT2D eigenvalue weighted by atomic mass is 9.79. The molecule has 0 radical (unpaired) electrons. The minimum Gasteiger partial charge on any atom is -0.394 e. The van der Waals surface area contributed by atoms with Gasteiger partial charge in [0, 0.05) is 12.0 Å². The summed E-state index contributed by atoms with van der Waals surface area (Å²) in [5, 5.41) is 24.3. The number of rotatable bonds is 6. The predicted octanol–water partition coefficient (Wildman–Crippen LogP) is 0.158. The Bertz CT molecular complexity index is 271. The van der Waals surface area contributed by atoms with Crippen molar-refractivity contribution in [3.05, 3.63) is 0 Å². The molecule has 18 heavy (non-hydrogen) atoms. The number of amides is 1. The van der Waals surface area contributed by atoms with Crippen molar-refractivity contribution in [1.29, 1.82) is 0 Å².